The smallest absolute Gasteiger partial charge is 0.307 e. The second-order valence-corrected chi connectivity index (χ2v) is 3.69. The molecule has 0 spiro atoms. The number of hydrogen-bond donors (Lipinski definition) is 1. The van der Waals surface area contributed by atoms with Gasteiger partial charge in [0, 0.05) is 10.0 Å². The summed E-state index contributed by atoms with van der Waals surface area (Å²) in [5.74, 6) is -1.66. The van der Waals surface area contributed by atoms with Crippen molar-refractivity contribution in [3.8, 4) is 0 Å². The van der Waals surface area contributed by atoms with Crippen LogP contribution in [0.2, 0.25) is 5.02 Å². The van der Waals surface area contributed by atoms with Crippen LogP contribution >= 0.6 is 27.5 Å². The summed E-state index contributed by atoms with van der Waals surface area (Å²) in [5, 5.41) is 8.73. The van der Waals surface area contributed by atoms with Crippen LogP contribution in [0.1, 0.15) is 5.56 Å². The summed E-state index contributed by atoms with van der Waals surface area (Å²) < 4.78 is 13.5. The van der Waals surface area contributed by atoms with E-state index in [9.17, 15) is 9.18 Å². The van der Waals surface area contributed by atoms with Gasteiger partial charge in [-0.3, -0.25) is 4.79 Å². The SMILES string of the molecule is O=C(O)Cc1cc(Cl)c(Br)cc1F. The van der Waals surface area contributed by atoms with Crippen LogP contribution in [0.15, 0.2) is 16.6 Å². The highest BCUT2D eigenvalue weighted by Crippen LogP contribution is 2.25. The Hall–Kier alpha value is -0.610. The number of hydrogen-bond acceptors (Lipinski definition) is 1. The summed E-state index contributed by atoms with van der Waals surface area (Å²) in [7, 11) is 0. The second-order valence-electron chi connectivity index (χ2n) is 2.43. The largest absolute Gasteiger partial charge is 0.481 e. The Morgan fingerprint density at radius 2 is 2.23 bits per heavy atom. The molecule has 0 heterocycles. The molecule has 0 aliphatic rings. The Kier molecular flexibility index (Phi) is 3.27. The van der Waals surface area contributed by atoms with Crippen LogP contribution in [0.25, 0.3) is 0 Å². The monoisotopic (exact) mass is 266 g/mol. The van der Waals surface area contributed by atoms with E-state index < -0.39 is 11.8 Å². The number of halogens is 3. The summed E-state index contributed by atoms with van der Waals surface area (Å²) in [5.41, 5.74) is 0.0840. The predicted molar refractivity (Wildman–Crippen MR) is 50.4 cm³/mol. The third-order valence-electron chi connectivity index (χ3n) is 1.43. The van der Waals surface area contributed by atoms with Crippen molar-refractivity contribution in [3.63, 3.8) is 0 Å². The molecule has 0 radical (unpaired) electrons. The standard InChI is InChI=1S/C8H5BrClFO2/c9-5-3-7(11)4(1-6(5)10)2-8(12)13/h1,3H,2H2,(H,12,13). The Morgan fingerprint density at radius 1 is 1.62 bits per heavy atom. The molecule has 2 nitrogen and oxygen atoms in total. The molecule has 0 amide bonds. The Morgan fingerprint density at radius 3 is 2.77 bits per heavy atom. The van der Waals surface area contributed by atoms with Crippen molar-refractivity contribution in [2.45, 2.75) is 6.42 Å². The fourth-order valence-electron chi connectivity index (χ4n) is 0.862. The quantitative estimate of drug-likeness (QED) is 0.837. The highest BCUT2D eigenvalue weighted by Gasteiger charge is 2.09. The first-order valence-corrected chi connectivity index (χ1v) is 4.53. The number of rotatable bonds is 2. The molecule has 0 atom stereocenters. The van der Waals surface area contributed by atoms with Crippen LogP contribution in [0, 0.1) is 5.82 Å². The molecule has 5 heteroatoms. The zero-order valence-electron chi connectivity index (χ0n) is 6.35. The number of carbonyl (C=O) groups is 1. The van der Waals surface area contributed by atoms with Crippen molar-refractivity contribution in [1.82, 2.24) is 0 Å². The van der Waals surface area contributed by atoms with Crippen molar-refractivity contribution in [2.75, 3.05) is 0 Å². The second kappa shape index (κ2) is 4.07. The Labute approximate surface area is 87.5 Å². The highest BCUT2D eigenvalue weighted by molar-refractivity contribution is 9.10. The third-order valence-corrected chi connectivity index (χ3v) is 2.63. The van der Waals surface area contributed by atoms with Gasteiger partial charge >= 0.3 is 5.97 Å². The van der Waals surface area contributed by atoms with Gasteiger partial charge in [-0.2, -0.15) is 0 Å². The van der Waals surface area contributed by atoms with Gasteiger partial charge in [-0.1, -0.05) is 11.6 Å². The molecular formula is C8H5BrClFO2. The van der Waals surface area contributed by atoms with Crippen molar-refractivity contribution in [2.24, 2.45) is 0 Å². The highest BCUT2D eigenvalue weighted by atomic mass is 79.9. The maximum absolute atomic E-state index is 13.0. The van der Waals surface area contributed by atoms with Gasteiger partial charge in [0.2, 0.25) is 0 Å². The van der Waals surface area contributed by atoms with E-state index in [-0.39, 0.29) is 12.0 Å². The molecule has 0 saturated carbocycles. The molecule has 13 heavy (non-hydrogen) atoms. The van der Waals surface area contributed by atoms with E-state index in [1.165, 1.54) is 6.07 Å². The number of benzene rings is 1. The number of aliphatic carboxylic acids is 1. The fraction of sp³-hybridized carbons (Fsp3) is 0.125. The van der Waals surface area contributed by atoms with Gasteiger partial charge in [0.25, 0.3) is 0 Å². The lowest BCUT2D eigenvalue weighted by atomic mass is 10.1. The zero-order chi connectivity index (χ0) is 10.0. The van der Waals surface area contributed by atoms with Crippen molar-refractivity contribution in [3.05, 3.63) is 33.0 Å². The van der Waals surface area contributed by atoms with E-state index in [0.717, 1.165) is 6.07 Å². The zero-order valence-corrected chi connectivity index (χ0v) is 8.69. The molecule has 1 N–H and O–H groups in total. The van der Waals surface area contributed by atoms with Crippen LogP contribution in [-0.4, -0.2) is 11.1 Å². The normalized spacial score (nSPS) is 10.1. The lowest BCUT2D eigenvalue weighted by Crippen LogP contribution is -2.02. The first-order valence-electron chi connectivity index (χ1n) is 3.36. The summed E-state index contributed by atoms with van der Waals surface area (Å²) in [6.45, 7) is 0. The fourth-order valence-corrected chi connectivity index (χ4v) is 1.36. The maximum Gasteiger partial charge on any atom is 0.307 e. The average molecular weight is 267 g/mol. The average Bonchev–Trinajstić information content (AvgIpc) is 1.99. The topological polar surface area (TPSA) is 37.3 Å². The minimum atomic E-state index is -1.09. The van der Waals surface area contributed by atoms with Crippen LogP contribution in [-0.2, 0) is 11.2 Å². The molecule has 0 unspecified atom stereocenters. The lowest BCUT2D eigenvalue weighted by molar-refractivity contribution is -0.136. The van der Waals surface area contributed by atoms with Gasteiger partial charge in [-0.15, -0.1) is 0 Å². The van der Waals surface area contributed by atoms with E-state index in [0.29, 0.717) is 9.50 Å². The van der Waals surface area contributed by atoms with Crippen LogP contribution in [0.4, 0.5) is 4.39 Å². The molecule has 0 aromatic heterocycles. The summed E-state index contributed by atoms with van der Waals surface area (Å²) >= 11 is 8.69. The summed E-state index contributed by atoms with van der Waals surface area (Å²) in [4.78, 5) is 10.3. The van der Waals surface area contributed by atoms with E-state index in [1.807, 2.05) is 0 Å². The van der Waals surface area contributed by atoms with Gasteiger partial charge in [0.1, 0.15) is 5.82 Å². The summed E-state index contributed by atoms with van der Waals surface area (Å²) in [6.07, 6.45) is -0.362. The molecule has 0 aliphatic heterocycles. The van der Waals surface area contributed by atoms with E-state index in [1.54, 1.807) is 0 Å². The molecule has 0 bridgehead atoms. The lowest BCUT2D eigenvalue weighted by Gasteiger charge is -2.02. The van der Waals surface area contributed by atoms with E-state index >= 15 is 0 Å². The first-order chi connectivity index (χ1) is 6.00. The minimum absolute atomic E-state index is 0.0840. The van der Waals surface area contributed by atoms with Gasteiger partial charge in [-0.25, -0.2) is 4.39 Å². The Bertz CT molecular complexity index is 354. The van der Waals surface area contributed by atoms with Gasteiger partial charge < -0.3 is 5.11 Å². The molecule has 1 aromatic carbocycles. The number of carboxylic acid groups (broad SMARTS) is 1. The van der Waals surface area contributed by atoms with Crippen molar-refractivity contribution >= 4 is 33.5 Å². The van der Waals surface area contributed by atoms with Crippen LogP contribution in [0.5, 0.6) is 0 Å². The van der Waals surface area contributed by atoms with Crippen LogP contribution < -0.4 is 0 Å². The molecule has 1 aromatic rings. The predicted octanol–water partition coefficient (Wildman–Crippen LogP) is 2.87. The minimum Gasteiger partial charge on any atom is -0.481 e. The van der Waals surface area contributed by atoms with Crippen LogP contribution in [0.3, 0.4) is 0 Å². The van der Waals surface area contributed by atoms with Crippen molar-refractivity contribution < 1.29 is 14.3 Å². The van der Waals surface area contributed by atoms with Gasteiger partial charge in [0.05, 0.1) is 11.4 Å². The molecule has 0 saturated heterocycles. The van der Waals surface area contributed by atoms with Crippen molar-refractivity contribution in [1.29, 1.82) is 0 Å². The first kappa shape index (κ1) is 10.5. The van der Waals surface area contributed by atoms with Gasteiger partial charge in [-0.05, 0) is 28.1 Å². The molecule has 0 fully saturated rings. The third kappa shape index (κ3) is 2.67. The van der Waals surface area contributed by atoms with E-state index in [4.69, 9.17) is 16.7 Å². The summed E-state index contributed by atoms with van der Waals surface area (Å²) in [6, 6.07) is 2.45. The molecular weight excluding hydrogens is 262 g/mol. The van der Waals surface area contributed by atoms with E-state index in [2.05, 4.69) is 15.9 Å². The number of carboxylic acids is 1. The Balaban J connectivity index is 3.08. The molecule has 1 rings (SSSR count). The maximum atomic E-state index is 13.0. The molecule has 70 valence electrons. The molecule has 0 aliphatic carbocycles. The van der Waals surface area contributed by atoms with Gasteiger partial charge in [0.15, 0.2) is 0 Å².